The molecule has 0 spiro atoms. The van der Waals surface area contributed by atoms with Crippen LogP contribution in [0.3, 0.4) is 0 Å². The van der Waals surface area contributed by atoms with Crippen molar-refractivity contribution in [3.8, 4) is 0 Å². The fourth-order valence-corrected chi connectivity index (χ4v) is 2.10. The van der Waals surface area contributed by atoms with Crippen LogP contribution >= 0.6 is 23.4 Å². The standard InChI is InChI=1S/C10H11ClOS/c1-8-7-9(11)3-4-10(8)13-6-2-5-12/h3-5,7H,2,6H2,1H3. The van der Waals surface area contributed by atoms with Crippen molar-refractivity contribution >= 4 is 29.6 Å². The molecule has 3 heteroatoms. The Labute approximate surface area is 87.5 Å². The number of halogens is 1. The molecule has 0 unspecified atom stereocenters. The summed E-state index contributed by atoms with van der Waals surface area (Å²) in [4.78, 5) is 11.3. The van der Waals surface area contributed by atoms with Gasteiger partial charge in [-0.2, -0.15) is 0 Å². The van der Waals surface area contributed by atoms with Gasteiger partial charge in [0.2, 0.25) is 0 Å². The fourth-order valence-electron chi connectivity index (χ4n) is 0.992. The zero-order valence-electron chi connectivity index (χ0n) is 7.42. The molecule has 0 aliphatic carbocycles. The molecule has 0 atom stereocenters. The summed E-state index contributed by atoms with van der Waals surface area (Å²) in [7, 11) is 0. The highest BCUT2D eigenvalue weighted by Crippen LogP contribution is 2.25. The first kappa shape index (κ1) is 10.6. The third-order valence-electron chi connectivity index (χ3n) is 1.63. The van der Waals surface area contributed by atoms with Crippen LogP contribution in [0.4, 0.5) is 0 Å². The molecule has 0 heterocycles. The van der Waals surface area contributed by atoms with Crippen LogP contribution in [-0.4, -0.2) is 12.0 Å². The maximum atomic E-state index is 10.1. The lowest BCUT2D eigenvalue weighted by Gasteiger charge is -2.03. The summed E-state index contributed by atoms with van der Waals surface area (Å²) in [6.07, 6.45) is 1.55. The summed E-state index contributed by atoms with van der Waals surface area (Å²) in [6.45, 7) is 2.02. The molecular weight excluding hydrogens is 204 g/mol. The SMILES string of the molecule is Cc1cc(Cl)ccc1SCCC=O. The highest BCUT2D eigenvalue weighted by molar-refractivity contribution is 7.99. The maximum Gasteiger partial charge on any atom is 0.120 e. The Hall–Kier alpha value is -0.470. The van der Waals surface area contributed by atoms with Crippen molar-refractivity contribution in [3.63, 3.8) is 0 Å². The molecule has 0 aliphatic heterocycles. The number of hydrogen-bond acceptors (Lipinski definition) is 2. The summed E-state index contributed by atoms with van der Waals surface area (Å²) in [6, 6.07) is 5.80. The third kappa shape index (κ3) is 3.41. The van der Waals surface area contributed by atoms with Gasteiger partial charge in [0.15, 0.2) is 0 Å². The monoisotopic (exact) mass is 214 g/mol. The van der Waals surface area contributed by atoms with Crippen LogP contribution in [0.1, 0.15) is 12.0 Å². The molecule has 1 aromatic carbocycles. The van der Waals surface area contributed by atoms with E-state index in [4.69, 9.17) is 11.6 Å². The quantitative estimate of drug-likeness (QED) is 0.435. The minimum absolute atomic E-state index is 0.604. The summed E-state index contributed by atoms with van der Waals surface area (Å²) < 4.78 is 0. The molecule has 0 N–H and O–H groups in total. The summed E-state index contributed by atoms with van der Waals surface area (Å²) in [5, 5.41) is 0.761. The van der Waals surface area contributed by atoms with Crippen molar-refractivity contribution in [1.29, 1.82) is 0 Å². The van der Waals surface area contributed by atoms with Gasteiger partial charge >= 0.3 is 0 Å². The molecule has 0 saturated heterocycles. The number of rotatable bonds is 4. The molecule has 1 nitrogen and oxygen atoms in total. The molecular formula is C10H11ClOS. The van der Waals surface area contributed by atoms with E-state index < -0.39 is 0 Å². The first-order valence-corrected chi connectivity index (χ1v) is 5.43. The predicted octanol–water partition coefficient (Wildman–Crippen LogP) is 3.33. The molecule has 0 bridgehead atoms. The van der Waals surface area contributed by atoms with E-state index >= 15 is 0 Å². The first-order chi connectivity index (χ1) is 6.24. The Kier molecular flexibility index (Phi) is 4.33. The van der Waals surface area contributed by atoms with Crippen LogP contribution < -0.4 is 0 Å². The Morgan fingerprint density at radius 1 is 1.54 bits per heavy atom. The largest absolute Gasteiger partial charge is 0.303 e. The third-order valence-corrected chi connectivity index (χ3v) is 3.07. The van der Waals surface area contributed by atoms with Crippen molar-refractivity contribution in [2.45, 2.75) is 18.2 Å². The van der Waals surface area contributed by atoms with Gasteiger partial charge in [-0.05, 0) is 30.7 Å². The number of aldehydes is 1. The van der Waals surface area contributed by atoms with Crippen LogP contribution in [0.2, 0.25) is 5.02 Å². The first-order valence-electron chi connectivity index (χ1n) is 4.06. The zero-order valence-corrected chi connectivity index (χ0v) is 8.99. The Morgan fingerprint density at radius 2 is 2.31 bits per heavy atom. The molecule has 1 aromatic rings. The van der Waals surface area contributed by atoms with E-state index in [9.17, 15) is 4.79 Å². The average Bonchev–Trinajstić information content (AvgIpc) is 2.09. The van der Waals surface area contributed by atoms with Gasteiger partial charge in [-0.15, -0.1) is 11.8 Å². The average molecular weight is 215 g/mol. The molecule has 1 rings (SSSR count). The van der Waals surface area contributed by atoms with Crippen molar-refractivity contribution < 1.29 is 4.79 Å². The Morgan fingerprint density at radius 3 is 2.92 bits per heavy atom. The van der Waals surface area contributed by atoms with E-state index in [0.717, 1.165) is 17.1 Å². The lowest BCUT2D eigenvalue weighted by Crippen LogP contribution is -1.83. The zero-order chi connectivity index (χ0) is 9.68. The van der Waals surface area contributed by atoms with Crippen molar-refractivity contribution in [2.24, 2.45) is 0 Å². The molecule has 0 radical (unpaired) electrons. The van der Waals surface area contributed by atoms with E-state index in [2.05, 4.69) is 0 Å². The van der Waals surface area contributed by atoms with Gasteiger partial charge in [0.25, 0.3) is 0 Å². The van der Waals surface area contributed by atoms with E-state index in [1.54, 1.807) is 11.8 Å². The fraction of sp³-hybridized carbons (Fsp3) is 0.300. The molecule has 0 fully saturated rings. The van der Waals surface area contributed by atoms with Crippen molar-refractivity contribution in [2.75, 3.05) is 5.75 Å². The molecule has 0 aromatic heterocycles. The van der Waals surface area contributed by atoms with Gasteiger partial charge in [-0.3, -0.25) is 0 Å². The van der Waals surface area contributed by atoms with Crippen molar-refractivity contribution in [3.05, 3.63) is 28.8 Å². The van der Waals surface area contributed by atoms with E-state index in [0.29, 0.717) is 6.42 Å². The van der Waals surface area contributed by atoms with Gasteiger partial charge in [-0.1, -0.05) is 11.6 Å². The van der Waals surface area contributed by atoms with Crippen LogP contribution in [0.5, 0.6) is 0 Å². The summed E-state index contributed by atoms with van der Waals surface area (Å²) in [5.74, 6) is 0.839. The van der Waals surface area contributed by atoms with Gasteiger partial charge in [0.1, 0.15) is 6.29 Å². The van der Waals surface area contributed by atoms with E-state index in [1.165, 1.54) is 10.5 Å². The van der Waals surface area contributed by atoms with Gasteiger partial charge < -0.3 is 4.79 Å². The lowest BCUT2D eigenvalue weighted by molar-refractivity contribution is -0.107. The van der Waals surface area contributed by atoms with Gasteiger partial charge in [0, 0.05) is 22.1 Å². The second-order valence-corrected chi connectivity index (χ2v) is 4.29. The minimum atomic E-state index is 0.604. The van der Waals surface area contributed by atoms with Gasteiger partial charge in [0.05, 0.1) is 0 Å². The normalized spacial score (nSPS) is 10.0. The molecule has 0 amide bonds. The smallest absolute Gasteiger partial charge is 0.120 e. The molecule has 0 aliphatic rings. The maximum absolute atomic E-state index is 10.1. The van der Waals surface area contributed by atoms with Gasteiger partial charge in [-0.25, -0.2) is 0 Å². The van der Waals surface area contributed by atoms with Crippen LogP contribution in [-0.2, 0) is 4.79 Å². The molecule has 70 valence electrons. The second-order valence-electron chi connectivity index (χ2n) is 2.71. The van der Waals surface area contributed by atoms with Crippen LogP contribution in [0.25, 0.3) is 0 Å². The van der Waals surface area contributed by atoms with E-state index in [-0.39, 0.29) is 0 Å². The number of aryl methyl sites for hydroxylation is 1. The number of hydrogen-bond donors (Lipinski definition) is 0. The second kappa shape index (κ2) is 5.30. The molecule has 0 saturated carbocycles. The highest BCUT2D eigenvalue weighted by atomic mass is 35.5. The highest BCUT2D eigenvalue weighted by Gasteiger charge is 1.98. The number of thioether (sulfide) groups is 1. The van der Waals surface area contributed by atoms with E-state index in [1.807, 2.05) is 25.1 Å². The lowest BCUT2D eigenvalue weighted by atomic mass is 10.2. The van der Waals surface area contributed by atoms with Crippen LogP contribution in [0, 0.1) is 6.92 Å². The number of benzene rings is 1. The van der Waals surface area contributed by atoms with Crippen LogP contribution in [0.15, 0.2) is 23.1 Å². The summed E-state index contributed by atoms with van der Waals surface area (Å²) >= 11 is 7.50. The predicted molar refractivity (Wildman–Crippen MR) is 57.6 cm³/mol. The number of carbonyl (C=O) groups is 1. The van der Waals surface area contributed by atoms with Crippen molar-refractivity contribution in [1.82, 2.24) is 0 Å². The topological polar surface area (TPSA) is 17.1 Å². The molecule has 13 heavy (non-hydrogen) atoms. The minimum Gasteiger partial charge on any atom is -0.303 e. The Balaban J connectivity index is 2.61. The Bertz CT molecular complexity index is 299. The number of carbonyl (C=O) groups excluding carboxylic acids is 1. The summed E-state index contributed by atoms with van der Waals surface area (Å²) in [5.41, 5.74) is 1.17.